The molecule has 0 amide bonds. The van der Waals surface area contributed by atoms with E-state index in [0.717, 1.165) is 32.6 Å². The fourth-order valence-corrected chi connectivity index (χ4v) is 2.76. The summed E-state index contributed by atoms with van der Waals surface area (Å²) in [6.07, 6.45) is 2.70. The van der Waals surface area contributed by atoms with Crippen molar-refractivity contribution in [2.75, 3.05) is 32.8 Å². The molecule has 18 heavy (non-hydrogen) atoms. The smallest absolute Gasteiger partial charge is 0.305 e. The molecule has 1 rings (SSSR count). The van der Waals surface area contributed by atoms with Gasteiger partial charge in [-0.25, -0.2) is 0 Å². The lowest BCUT2D eigenvalue weighted by atomic mass is 9.90. The molecule has 0 saturated carbocycles. The normalized spacial score (nSPS) is 25.1. The van der Waals surface area contributed by atoms with Crippen LogP contribution in [0.3, 0.4) is 0 Å². The van der Waals surface area contributed by atoms with Crippen LogP contribution in [0.4, 0.5) is 0 Å². The van der Waals surface area contributed by atoms with Gasteiger partial charge in [-0.15, -0.1) is 0 Å². The number of likely N-dealkylation sites (tertiary alicyclic amines) is 1. The van der Waals surface area contributed by atoms with E-state index in [2.05, 4.69) is 24.1 Å². The standard InChI is InChI=1S/C14H28N2O2/c1-4-15-13-9-12(10-16(5-2)11-13)7-8-14(17)18-6-3/h12-13,15H,4-11H2,1-3H3. The van der Waals surface area contributed by atoms with Crippen molar-refractivity contribution >= 4 is 5.97 Å². The molecule has 1 saturated heterocycles. The third kappa shape index (κ3) is 5.36. The van der Waals surface area contributed by atoms with Gasteiger partial charge in [0.05, 0.1) is 6.61 Å². The van der Waals surface area contributed by atoms with Gasteiger partial charge in [0, 0.05) is 25.6 Å². The van der Waals surface area contributed by atoms with Crippen molar-refractivity contribution in [3.63, 3.8) is 0 Å². The Balaban J connectivity index is 2.36. The van der Waals surface area contributed by atoms with Gasteiger partial charge in [-0.05, 0) is 38.8 Å². The van der Waals surface area contributed by atoms with Gasteiger partial charge in [0.2, 0.25) is 0 Å². The van der Waals surface area contributed by atoms with Crippen LogP contribution in [0.15, 0.2) is 0 Å². The van der Waals surface area contributed by atoms with Crippen LogP contribution in [-0.4, -0.2) is 49.7 Å². The number of nitrogens with one attached hydrogen (secondary N) is 1. The molecule has 0 aromatic rings. The first-order valence-electron chi connectivity index (χ1n) is 7.30. The van der Waals surface area contributed by atoms with Gasteiger partial charge >= 0.3 is 5.97 Å². The highest BCUT2D eigenvalue weighted by atomic mass is 16.5. The van der Waals surface area contributed by atoms with Crippen molar-refractivity contribution in [3.05, 3.63) is 0 Å². The lowest BCUT2D eigenvalue weighted by Crippen LogP contribution is -2.49. The van der Waals surface area contributed by atoms with Gasteiger partial charge in [-0.3, -0.25) is 4.79 Å². The number of rotatable bonds is 7. The largest absolute Gasteiger partial charge is 0.466 e. The van der Waals surface area contributed by atoms with Crippen LogP contribution < -0.4 is 5.32 Å². The minimum atomic E-state index is -0.0499. The van der Waals surface area contributed by atoms with E-state index in [9.17, 15) is 4.79 Å². The van der Waals surface area contributed by atoms with E-state index in [1.807, 2.05) is 6.92 Å². The summed E-state index contributed by atoms with van der Waals surface area (Å²) in [6, 6.07) is 0.580. The van der Waals surface area contributed by atoms with Crippen LogP contribution >= 0.6 is 0 Å². The first-order valence-corrected chi connectivity index (χ1v) is 7.30. The molecule has 1 heterocycles. The summed E-state index contributed by atoms with van der Waals surface area (Å²) in [4.78, 5) is 13.9. The summed E-state index contributed by atoms with van der Waals surface area (Å²) in [5, 5.41) is 3.53. The van der Waals surface area contributed by atoms with E-state index in [4.69, 9.17) is 4.74 Å². The number of esters is 1. The Bertz CT molecular complexity index is 246. The quantitative estimate of drug-likeness (QED) is 0.703. The van der Waals surface area contributed by atoms with Crippen molar-refractivity contribution in [1.82, 2.24) is 10.2 Å². The molecule has 0 aromatic heterocycles. The van der Waals surface area contributed by atoms with Crippen molar-refractivity contribution in [2.24, 2.45) is 5.92 Å². The van der Waals surface area contributed by atoms with Crippen molar-refractivity contribution in [2.45, 2.75) is 46.1 Å². The van der Waals surface area contributed by atoms with Crippen LogP contribution in [0.5, 0.6) is 0 Å². The van der Waals surface area contributed by atoms with Crippen LogP contribution in [0.2, 0.25) is 0 Å². The number of carbonyl (C=O) groups is 1. The number of carbonyl (C=O) groups excluding carboxylic acids is 1. The molecule has 4 heteroatoms. The third-order valence-electron chi connectivity index (χ3n) is 3.61. The van der Waals surface area contributed by atoms with Crippen LogP contribution in [-0.2, 0) is 9.53 Å². The highest BCUT2D eigenvalue weighted by Gasteiger charge is 2.26. The third-order valence-corrected chi connectivity index (χ3v) is 3.61. The average molecular weight is 256 g/mol. The van der Waals surface area contributed by atoms with E-state index in [1.165, 1.54) is 6.42 Å². The number of hydrogen-bond donors (Lipinski definition) is 1. The lowest BCUT2D eigenvalue weighted by Gasteiger charge is -2.37. The highest BCUT2D eigenvalue weighted by molar-refractivity contribution is 5.69. The van der Waals surface area contributed by atoms with Crippen molar-refractivity contribution < 1.29 is 9.53 Å². The van der Waals surface area contributed by atoms with Gasteiger partial charge in [0.1, 0.15) is 0 Å². The number of hydrogen-bond acceptors (Lipinski definition) is 4. The summed E-state index contributed by atoms with van der Waals surface area (Å²) < 4.78 is 4.99. The second-order valence-electron chi connectivity index (χ2n) is 5.05. The van der Waals surface area contributed by atoms with Crippen LogP contribution in [0, 0.1) is 5.92 Å². The molecule has 0 aromatic carbocycles. The Morgan fingerprint density at radius 3 is 2.72 bits per heavy atom. The second-order valence-corrected chi connectivity index (χ2v) is 5.05. The molecule has 0 spiro atoms. The SMILES string of the molecule is CCNC1CC(CCC(=O)OCC)CN(CC)C1. The molecule has 0 aliphatic carbocycles. The van der Waals surface area contributed by atoms with Crippen LogP contribution in [0.25, 0.3) is 0 Å². The zero-order valence-corrected chi connectivity index (χ0v) is 12.1. The molecule has 1 N–H and O–H groups in total. The first kappa shape index (κ1) is 15.4. The topological polar surface area (TPSA) is 41.6 Å². The van der Waals surface area contributed by atoms with Gasteiger partial charge in [0.25, 0.3) is 0 Å². The summed E-state index contributed by atoms with van der Waals surface area (Å²) >= 11 is 0. The minimum Gasteiger partial charge on any atom is -0.466 e. The van der Waals surface area contributed by atoms with E-state index in [-0.39, 0.29) is 5.97 Å². The zero-order valence-electron chi connectivity index (χ0n) is 12.1. The lowest BCUT2D eigenvalue weighted by molar-refractivity contribution is -0.143. The Hall–Kier alpha value is -0.610. The summed E-state index contributed by atoms with van der Waals surface area (Å²) in [5.74, 6) is 0.568. The maximum atomic E-state index is 11.4. The Morgan fingerprint density at radius 1 is 1.33 bits per heavy atom. The Kier molecular flexibility index (Phi) is 7.28. The van der Waals surface area contributed by atoms with Crippen molar-refractivity contribution in [3.8, 4) is 0 Å². The monoisotopic (exact) mass is 256 g/mol. The average Bonchev–Trinajstić information content (AvgIpc) is 2.37. The second kappa shape index (κ2) is 8.48. The molecule has 1 aliphatic heterocycles. The van der Waals surface area contributed by atoms with E-state index in [0.29, 0.717) is 25.0 Å². The molecule has 2 atom stereocenters. The number of ether oxygens (including phenoxy) is 1. The molecule has 4 nitrogen and oxygen atoms in total. The Morgan fingerprint density at radius 2 is 2.11 bits per heavy atom. The maximum absolute atomic E-state index is 11.4. The van der Waals surface area contributed by atoms with Gasteiger partial charge in [0.15, 0.2) is 0 Å². The molecule has 0 bridgehead atoms. The fraction of sp³-hybridized carbons (Fsp3) is 0.929. The molecular formula is C14H28N2O2. The summed E-state index contributed by atoms with van der Waals surface area (Å²) in [6.45, 7) is 11.1. The minimum absolute atomic E-state index is 0.0499. The Labute approximate surface area is 111 Å². The molecule has 106 valence electrons. The first-order chi connectivity index (χ1) is 8.69. The van der Waals surface area contributed by atoms with Gasteiger partial charge in [-0.2, -0.15) is 0 Å². The molecular weight excluding hydrogens is 228 g/mol. The predicted molar refractivity (Wildman–Crippen MR) is 73.6 cm³/mol. The molecule has 1 aliphatic rings. The maximum Gasteiger partial charge on any atom is 0.305 e. The number of likely N-dealkylation sites (N-methyl/N-ethyl adjacent to an activating group) is 2. The molecule has 1 fully saturated rings. The van der Waals surface area contributed by atoms with Crippen molar-refractivity contribution in [1.29, 1.82) is 0 Å². The van der Waals surface area contributed by atoms with E-state index < -0.39 is 0 Å². The summed E-state index contributed by atoms with van der Waals surface area (Å²) in [7, 11) is 0. The van der Waals surface area contributed by atoms with Crippen LogP contribution in [0.1, 0.15) is 40.0 Å². The van der Waals surface area contributed by atoms with Gasteiger partial charge < -0.3 is 15.0 Å². The number of nitrogens with zero attached hydrogens (tertiary/aromatic N) is 1. The van der Waals surface area contributed by atoms with E-state index in [1.54, 1.807) is 0 Å². The van der Waals surface area contributed by atoms with Gasteiger partial charge in [-0.1, -0.05) is 13.8 Å². The molecule has 2 unspecified atom stereocenters. The fourth-order valence-electron chi connectivity index (χ4n) is 2.76. The number of piperidine rings is 1. The molecule has 0 radical (unpaired) electrons. The highest BCUT2D eigenvalue weighted by Crippen LogP contribution is 2.21. The predicted octanol–water partition coefficient (Wildman–Crippen LogP) is 1.65. The zero-order chi connectivity index (χ0) is 13.4. The van der Waals surface area contributed by atoms with E-state index >= 15 is 0 Å². The summed E-state index contributed by atoms with van der Waals surface area (Å²) in [5.41, 5.74) is 0.